The van der Waals surface area contributed by atoms with Gasteiger partial charge in [0, 0.05) is 22.9 Å². The molecule has 0 aliphatic carbocycles. The first-order valence-electron chi connectivity index (χ1n) is 4.71. The Kier molecular flexibility index (Phi) is 3.29. The summed E-state index contributed by atoms with van der Waals surface area (Å²) in [4.78, 5) is 22.6. The highest BCUT2D eigenvalue weighted by Crippen LogP contribution is 2.31. The summed E-state index contributed by atoms with van der Waals surface area (Å²) in [6, 6.07) is 0. The fourth-order valence-electron chi connectivity index (χ4n) is 1.82. The van der Waals surface area contributed by atoms with Crippen LogP contribution < -0.4 is 5.32 Å². The lowest BCUT2D eigenvalue weighted by Gasteiger charge is -2.11. The number of hydrogen-bond acceptors (Lipinski definition) is 4. The van der Waals surface area contributed by atoms with Gasteiger partial charge in [-0.05, 0) is 13.8 Å². The highest BCUT2D eigenvalue weighted by atomic mass is 16.5. The molecule has 1 aliphatic rings. The standard InChI is InChI=1S/C11H15NO3/c1-6-9(5-10(14)15-4)11(8(3)13)7(2)12-6/h9,12H,1,5H2,2-4H3. The van der Waals surface area contributed by atoms with Crippen molar-refractivity contribution in [3.63, 3.8) is 0 Å². The third kappa shape index (κ3) is 2.26. The smallest absolute Gasteiger partial charge is 0.306 e. The third-order valence-corrected chi connectivity index (χ3v) is 2.50. The molecule has 82 valence electrons. The molecule has 0 bridgehead atoms. The number of hydrogen-bond donors (Lipinski definition) is 1. The van der Waals surface area contributed by atoms with Gasteiger partial charge in [0.2, 0.25) is 0 Å². The topological polar surface area (TPSA) is 55.4 Å². The molecule has 1 aliphatic heterocycles. The summed E-state index contributed by atoms with van der Waals surface area (Å²) in [6.07, 6.45) is 0.161. The number of esters is 1. The number of Topliss-reactive ketones (excluding diaryl/α,β-unsaturated/α-hetero) is 1. The molecule has 0 fully saturated rings. The summed E-state index contributed by atoms with van der Waals surface area (Å²) >= 11 is 0. The van der Waals surface area contributed by atoms with E-state index < -0.39 is 0 Å². The van der Waals surface area contributed by atoms with Crippen LogP contribution in [0.5, 0.6) is 0 Å². The largest absolute Gasteiger partial charge is 0.469 e. The average Bonchev–Trinajstić information content (AvgIpc) is 2.41. The van der Waals surface area contributed by atoms with Gasteiger partial charge < -0.3 is 10.1 Å². The summed E-state index contributed by atoms with van der Waals surface area (Å²) in [7, 11) is 1.33. The van der Waals surface area contributed by atoms with Gasteiger partial charge in [-0.2, -0.15) is 0 Å². The second-order valence-corrected chi connectivity index (χ2v) is 3.58. The van der Waals surface area contributed by atoms with Crippen LogP contribution in [0, 0.1) is 5.92 Å². The zero-order valence-electron chi connectivity index (χ0n) is 9.22. The van der Waals surface area contributed by atoms with E-state index in [0.717, 1.165) is 5.70 Å². The van der Waals surface area contributed by atoms with Crippen LogP contribution in [0.25, 0.3) is 0 Å². The lowest BCUT2D eigenvalue weighted by molar-refractivity contribution is -0.141. The van der Waals surface area contributed by atoms with E-state index in [1.807, 2.05) is 0 Å². The summed E-state index contributed by atoms with van der Waals surface area (Å²) in [5, 5.41) is 2.98. The SMILES string of the molecule is C=C1NC(C)=C(C(C)=O)C1CC(=O)OC. The molecule has 1 unspecified atom stereocenters. The molecule has 0 radical (unpaired) electrons. The number of carbonyl (C=O) groups excluding carboxylic acids is 2. The Morgan fingerprint density at radius 1 is 1.53 bits per heavy atom. The zero-order valence-corrected chi connectivity index (χ0v) is 9.22. The molecule has 4 nitrogen and oxygen atoms in total. The minimum Gasteiger partial charge on any atom is -0.469 e. The minimum atomic E-state index is -0.337. The van der Waals surface area contributed by atoms with E-state index in [1.165, 1.54) is 14.0 Å². The summed E-state index contributed by atoms with van der Waals surface area (Å²) in [5.41, 5.74) is 2.09. The van der Waals surface area contributed by atoms with Crippen molar-refractivity contribution in [2.45, 2.75) is 20.3 Å². The van der Waals surface area contributed by atoms with Gasteiger partial charge in [0.15, 0.2) is 5.78 Å². The van der Waals surface area contributed by atoms with E-state index in [1.54, 1.807) is 6.92 Å². The summed E-state index contributed by atoms with van der Waals surface area (Å²) < 4.78 is 4.58. The molecule has 0 amide bonds. The van der Waals surface area contributed by atoms with E-state index in [-0.39, 0.29) is 24.1 Å². The molecule has 1 rings (SSSR count). The lowest BCUT2D eigenvalue weighted by Crippen LogP contribution is -2.16. The predicted molar refractivity (Wildman–Crippen MR) is 55.8 cm³/mol. The second-order valence-electron chi connectivity index (χ2n) is 3.58. The Hall–Kier alpha value is -1.58. The Morgan fingerprint density at radius 2 is 2.13 bits per heavy atom. The van der Waals surface area contributed by atoms with Crippen LogP contribution in [0.2, 0.25) is 0 Å². The molecule has 0 aromatic carbocycles. The molecule has 4 heteroatoms. The maximum atomic E-state index is 11.4. The molecule has 0 spiro atoms. The predicted octanol–water partition coefficient (Wildman–Crippen LogP) is 1.15. The van der Waals surface area contributed by atoms with Crippen LogP contribution in [0.3, 0.4) is 0 Å². The molecule has 0 aromatic heterocycles. The molecule has 1 N–H and O–H groups in total. The van der Waals surface area contributed by atoms with Gasteiger partial charge in [-0.3, -0.25) is 9.59 Å². The average molecular weight is 209 g/mol. The molecule has 1 heterocycles. The van der Waals surface area contributed by atoms with Gasteiger partial charge in [0.05, 0.1) is 13.5 Å². The van der Waals surface area contributed by atoms with Crippen LogP contribution >= 0.6 is 0 Å². The molecule has 0 saturated heterocycles. The highest BCUT2D eigenvalue weighted by Gasteiger charge is 2.31. The van der Waals surface area contributed by atoms with Crippen molar-refractivity contribution >= 4 is 11.8 Å². The van der Waals surface area contributed by atoms with Crippen molar-refractivity contribution in [1.29, 1.82) is 0 Å². The Labute approximate surface area is 89.0 Å². The van der Waals surface area contributed by atoms with Gasteiger partial charge in [-0.25, -0.2) is 0 Å². The maximum Gasteiger partial charge on any atom is 0.306 e. The summed E-state index contributed by atoms with van der Waals surface area (Å²) in [6.45, 7) is 7.09. The van der Waals surface area contributed by atoms with E-state index in [2.05, 4.69) is 16.6 Å². The fraction of sp³-hybridized carbons (Fsp3) is 0.455. The normalized spacial score (nSPS) is 20.2. The van der Waals surface area contributed by atoms with E-state index in [0.29, 0.717) is 11.3 Å². The van der Waals surface area contributed by atoms with Gasteiger partial charge >= 0.3 is 5.97 Å². The zero-order chi connectivity index (χ0) is 11.6. The van der Waals surface area contributed by atoms with E-state index >= 15 is 0 Å². The highest BCUT2D eigenvalue weighted by molar-refractivity contribution is 5.96. The van der Waals surface area contributed by atoms with Crippen LogP contribution in [-0.4, -0.2) is 18.9 Å². The van der Waals surface area contributed by atoms with Crippen molar-refractivity contribution < 1.29 is 14.3 Å². The Morgan fingerprint density at radius 3 is 2.60 bits per heavy atom. The molecule has 0 saturated carbocycles. The molecular weight excluding hydrogens is 194 g/mol. The molecular formula is C11H15NO3. The van der Waals surface area contributed by atoms with Gasteiger partial charge in [0.25, 0.3) is 0 Å². The van der Waals surface area contributed by atoms with Crippen molar-refractivity contribution in [2.24, 2.45) is 5.92 Å². The first-order valence-corrected chi connectivity index (χ1v) is 4.71. The molecule has 0 aromatic rings. The van der Waals surface area contributed by atoms with Crippen molar-refractivity contribution in [3.05, 3.63) is 23.5 Å². The fourth-order valence-corrected chi connectivity index (χ4v) is 1.82. The van der Waals surface area contributed by atoms with Gasteiger partial charge in [-0.1, -0.05) is 6.58 Å². The number of nitrogens with one attached hydrogen (secondary N) is 1. The van der Waals surface area contributed by atoms with Crippen molar-refractivity contribution in [2.75, 3.05) is 7.11 Å². The Balaban J connectivity index is 2.91. The number of rotatable bonds is 3. The first kappa shape index (κ1) is 11.5. The first-order chi connectivity index (χ1) is 6.97. The van der Waals surface area contributed by atoms with Crippen LogP contribution in [-0.2, 0) is 14.3 Å². The number of allylic oxidation sites excluding steroid dienone is 2. The van der Waals surface area contributed by atoms with Crippen molar-refractivity contribution in [3.8, 4) is 0 Å². The van der Waals surface area contributed by atoms with Crippen LogP contribution in [0.15, 0.2) is 23.5 Å². The summed E-state index contributed by atoms with van der Waals surface area (Å²) in [5.74, 6) is -0.626. The number of ketones is 1. The number of carbonyl (C=O) groups is 2. The van der Waals surface area contributed by atoms with Gasteiger partial charge in [0.1, 0.15) is 0 Å². The maximum absolute atomic E-state index is 11.4. The molecule has 15 heavy (non-hydrogen) atoms. The Bertz CT molecular complexity index is 355. The van der Waals surface area contributed by atoms with E-state index in [4.69, 9.17) is 0 Å². The third-order valence-electron chi connectivity index (χ3n) is 2.50. The quantitative estimate of drug-likeness (QED) is 0.708. The van der Waals surface area contributed by atoms with E-state index in [9.17, 15) is 9.59 Å². The lowest BCUT2D eigenvalue weighted by atomic mass is 9.92. The number of methoxy groups -OCH3 is 1. The molecule has 1 atom stereocenters. The second kappa shape index (κ2) is 4.29. The van der Waals surface area contributed by atoms with Crippen molar-refractivity contribution in [1.82, 2.24) is 5.32 Å². The minimum absolute atomic E-state index is 0.0347. The van der Waals surface area contributed by atoms with Crippen LogP contribution in [0.4, 0.5) is 0 Å². The monoisotopic (exact) mass is 209 g/mol. The van der Waals surface area contributed by atoms with Crippen LogP contribution in [0.1, 0.15) is 20.3 Å². The number of ether oxygens (including phenoxy) is 1. The van der Waals surface area contributed by atoms with Gasteiger partial charge in [-0.15, -0.1) is 0 Å².